The molecule has 0 unspecified atom stereocenters. The number of pyridine rings is 1. The molecule has 1 amide bonds. The van der Waals surface area contributed by atoms with Crippen LogP contribution in [0.2, 0.25) is 5.02 Å². The quantitative estimate of drug-likeness (QED) is 0.545. The molecule has 0 bridgehead atoms. The van der Waals surface area contributed by atoms with Crippen LogP contribution < -0.4 is 5.32 Å². The van der Waals surface area contributed by atoms with E-state index in [-0.39, 0.29) is 6.61 Å². The summed E-state index contributed by atoms with van der Waals surface area (Å²) in [7, 11) is 0. The van der Waals surface area contributed by atoms with Gasteiger partial charge in [-0.2, -0.15) is 0 Å². The van der Waals surface area contributed by atoms with E-state index in [0.29, 0.717) is 16.4 Å². The van der Waals surface area contributed by atoms with Gasteiger partial charge in [-0.15, -0.1) is 0 Å². The molecule has 5 nitrogen and oxygen atoms in total. The monoisotopic (exact) mass is 366 g/mol. The highest BCUT2D eigenvalue weighted by molar-refractivity contribution is 6.30. The molecule has 26 heavy (non-hydrogen) atoms. The highest BCUT2D eigenvalue weighted by Crippen LogP contribution is 2.14. The molecule has 0 saturated heterocycles. The number of carbonyl (C=O) groups excluding carboxylic acids is 2. The van der Waals surface area contributed by atoms with Gasteiger partial charge in [-0.25, -0.2) is 9.78 Å². The number of esters is 1. The lowest BCUT2D eigenvalue weighted by molar-refractivity contribution is -0.142. The van der Waals surface area contributed by atoms with Crippen molar-refractivity contribution in [1.29, 1.82) is 0 Å². The summed E-state index contributed by atoms with van der Waals surface area (Å²) in [5, 5.41) is 4.20. The number of hydrogen-bond acceptors (Lipinski definition) is 4. The van der Waals surface area contributed by atoms with E-state index >= 15 is 0 Å². The van der Waals surface area contributed by atoms with Crippen LogP contribution in [0.25, 0.3) is 17.0 Å². The molecule has 0 saturated carbocycles. The zero-order chi connectivity index (χ0) is 18.4. The number of nitrogens with one attached hydrogen (secondary N) is 1. The summed E-state index contributed by atoms with van der Waals surface area (Å²) < 4.78 is 4.92. The average Bonchev–Trinajstić information content (AvgIpc) is 2.66. The first-order valence-corrected chi connectivity index (χ1v) is 8.24. The molecule has 2 aromatic carbocycles. The fourth-order valence-electron chi connectivity index (χ4n) is 2.24. The summed E-state index contributed by atoms with van der Waals surface area (Å²) in [6.07, 6.45) is 2.79. The molecule has 0 radical (unpaired) electrons. The van der Waals surface area contributed by atoms with Crippen LogP contribution in [0.4, 0.5) is 5.69 Å². The maximum absolute atomic E-state index is 11.8. The Morgan fingerprint density at radius 3 is 2.62 bits per heavy atom. The Hall–Kier alpha value is -3.18. The van der Waals surface area contributed by atoms with E-state index in [1.807, 2.05) is 30.3 Å². The molecule has 6 heteroatoms. The van der Waals surface area contributed by atoms with E-state index < -0.39 is 11.9 Å². The van der Waals surface area contributed by atoms with E-state index in [4.69, 9.17) is 16.3 Å². The molecule has 0 aliphatic carbocycles. The summed E-state index contributed by atoms with van der Waals surface area (Å²) >= 11 is 5.77. The van der Waals surface area contributed by atoms with Crippen LogP contribution in [0.1, 0.15) is 5.69 Å². The van der Waals surface area contributed by atoms with E-state index in [1.165, 1.54) is 6.08 Å². The third-order valence-corrected chi connectivity index (χ3v) is 3.74. The number of aromatic nitrogens is 1. The highest BCUT2D eigenvalue weighted by Gasteiger charge is 2.06. The first-order chi connectivity index (χ1) is 12.6. The van der Waals surface area contributed by atoms with Gasteiger partial charge in [0, 0.05) is 22.2 Å². The number of rotatable bonds is 5. The summed E-state index contributed by atoms with van der Waals surface area (Å²) in [5.74, 6) is -1.05. The van der Waals surface area contributed by atoms with E-state index in [2.05, 4.69) is 10.3 Å². The lowest BCUT2D eigenvalue weighted by atomic mass is 10.2. The number of hydrogen-bond donors (Lipinski definition) is 1. The van der Waals surface area contributed by atoms with Crippen LogP contribution in [-0.2, 0) is 14.3 Å². The number of halogens is 1. The first kappa shape index (κ1) is 17.6. The predicted molar refractivity (Wildman–Crippen MR) is 102 cm³/mol. The molecule has 0 aliphatic rings. The second-order valence-corrected chi connectivity index (χ2v) is 5.86. The van der Waals surface area contributed by atoms with E-state index in [1.54, 1.807) is 36.4 Å². The lowest BCUT2D eigenvalue weighted by Crippen LogP contribution is -2.20. The summed E-state index contributed by atoms with van der Waals surface area (Å²) in [6, 6.07) is 18.1. The summed E-state index contributed by atoms with van der Waals surface area (Å²) in [6.45, 7) is -0.378. The molecule has 130 valence electrons. The van der Waals surface area contributed by atoms with E-state index in [9.17, 15) is 9.59 Å². The molecule has 0 aliphatic heterocycles. The van der Waals surface area contributed by atoms with Crippen molar-refractivity contribution in [2.45, 2.75) is 0 Å². The van der Waals surface area contributed by atoms with Crippen molar-refractivity contribution in [3.05, 3.63) is 77.5 Å². The third kappa shape index (κ3) is 4.91. The van der Waals surface area contributed by atoms with E-state index in [0.717, 1.165) is 10.9 Å². The minimum atomic E-state index is -0.619. The molecule has 1 aromatic heterocycles. The molecule has 3 aromatic rings. The van der Waals surface area contributed by atoms with Crippen LogP contribution in [0, 0.1) is 0 Å². The van der Waals surface area contributed by atoms with Gasteiger partial charge in [0.05, 0.1) is 11.2 Å². The van der Waals surface area contributed by atoms with Crippen molar-refractivity contribution in [3.63, 3.8) is 0 Å². The molecule has 3 rings (SSSR count). The maximum Gasteiger partial charge on any atom is 0.331 e. The number of para-hydroxylation sites is 1. The van der Waals surface area contributed by atoms with Gasteiger partial charge in [-0.1, -0.05) is 35.9 Å². The van der Waals surface area contributed by atoms with Crippen molar-refractivity contribution in [1.82, 2.24) is 4.98 Å². The summed E-state index contributed by atoms with van der Waals surface area (Å²) in [4.78, 5) is 27.9. The number of benzene rings is 2. The Morgan fingerprint density at radius 2 is 1.81 bits per heavy atom. The Morgan fingerprint density at radius 1 is 1.04 bits per heavy atom. The number of carbonyl (C=O) groups is 2. The van der Waals surface area contributed by atoms with Crippen LogP contribution in [-0.4, -0.2) is 23.5 Å². The molecule has 1 N–H and O–H groups in total. The molecule has 0 atom stereocenters. The van der Waals surface area contributed by atoms with Gasteiger partial charge in [0.15, 0.2) is 6.61 Å². The number of ether oxygens (including phenoxy) is 1. The van der Waals surface area contributed by atoms with Crippen LogP contribution in [0.5, 0.6) is 0 Å². The number of amides is 1. The van der Waals surface area contributed by atoms with Gasteiger partial charge in [0.1, 0.15) is 0 Å². The normalized spacial score (nSPS) is 10.8. The number of nitrogens with zero attached hydrogens (tertiary/aromatic N) is 1. The maximum atomic E-state index is 11.8. The summed E-state index contributed by atoms with van der Waals surface area (Å²) in [5.41, 5.74) is 2.04. The van der Waals surface area contributed by atoms with Gasteiger partial charge in [-0.05, 0) is 42.5 Å². The second kappa shape index (κ2) is 8.27. The van der Waals surface area contributed by atoms with Gasteiger partial charge in [0.2, 0.25) is 0 Å². The Kier molecular flexibility index (Phi) is 5.61. The smallest absolute Gasteiger partial charge is 0.331 e. The van der Waals surface area contributed by atoms with Crippen LogP contribution in [0.15, 0.2) is 66.7 Å². The molecule has 1 heterocycles. The highest BCUT2D eigenvalue weighted by atomic mass is 35.5. The SMILES string of the molecule is O=C(COC(=O)/C=C/c1ccc2ccccc2n1)Nc1ccc(Cl)cc1. The van der Waals surface area contributed by atoms with Crippen molar-refractivity contribution in [2.75, 3.05) is 11.9 Å². The Balaban J connectivity index is 1.51. The third-order valence-electron chi connectivity index (χ3n) is 3.48. The fraction of sp³-hybridized carbons (Fsp3) is 0.0500. The topological polar surface area (TPSA) is 68.3 Å². The molecular formula is C20H15ClN2O3. The second-order valence-electron chi connectivity index (χ2n) is 5.42. The fourth-order valence-corrected chi connectivity index (χ4v) is 2.37. The van der Waals surface area contributed by atoms with Gasteiger partial charge in [0.25, 0.3) is 5.91 Å². The van der Waals surface area contributed by atoms with Crippen LogP contribution >= 0.6 is 11.6 Å². The predicted octanol–water partition coefficient (Wildman–Crippen LogP) is 4.08. The van der Waals surface area contributed by atoms with Crippen LogP contribution in [0.3, 0.4) is 0 Å². The average molecular weight is 367 g/mol. The minimum Gasteiger partial charge on any atom is -0.452 e. The Labute approximate surface area is 155 Å². The van der Waals surface area contributed by atoms with Gasteiger partial charge < -0.3 is 10.1 Å². The number of anilines is 1. The molecule has 0 fully saturated rings. The van der Waals surface area contributed by atoms with Crippen molar-refractivity contribution in [3.8, 4) is 0 Å². The Bertz CT molecular complexity index is 968. The standard InChI is InChI=1S/C20H15ClN2O3/c21-15-6-9-17(10-7-15)23-19(24)13-26-20(25)12-11-16-8-5-14-3-1-2-4-18(14)22-16/h1-12H,13H2,(H,23,24)/b12-11+. The number of fused-ring (bicyclic) bond motifs is 1. The largest absolute Gasteiger partial charge is 0.452 e. The minimum absolute atomic E-state index is 0.378. The lowest BCUT2D eigenvalue weighted by Gasteiger charge is -2.05. The van der Waals surface area contributed by atoms with Crippen molar-refractivity contribution < 1.29 is 14.3 Å². The zero-order valence-electron chi connectivity index (χ0n) is 13.7. The van der Waals surface area contributed by atoms with Crippen molar-refractivity contribution in [2.24, 2.45) is 0 Å². The van der Waals surface area contributed by atoms with Gasteiger partial charge in [-0.3, -0.25) is 4.79 Å². The van der Waals surface area contributed by atoms with Gasteiger partial charge >= 0.3 is 5.97 Å². The molecular weight excluding hydrogens is 352 g/mol. The van der Waals surface area contributed by atoms with Crippen molar-refractivity contribution >= 4 is 46.1 Å². The zero-order valence-corrected chi connectivity index (χ0v) is 14.4. The first-order valence-electron chi connectivity index (χ1n) is 7.86. The molecule has 0 spiro atoms.